The van der Waals surface area contributed by atoms with Crippen LogP contribution in [0, 0.1) is 0 Å². The molecule has 0 saturated heterocycles. The Morgan fingerprint density at radius 1 is 0.762 bits per heavy atom. The van der Waals surface area contributed by atoms with Crippen molar-refractivity contribution in [3.05, 3.63) is 24.3 Å². The number of unbranched alkanes of at least 4 members (excludes halogenated alkanes) is 17. The van der Waals surface area contributed by atoms with Crippen LogP contribution in [-0.2, 0) is 18.4 Å². The van der Waals surface area contributed by atoms with Crippen LogP contribution in [0.3, 0.4) is 0 Å². The first-order chi connectivity index (χ1) is 20.4. The van der Waals surface area contributed by atoms with Crippen molar-refractivity contribution in [2.75, 3.05) is 19.8 Å². The number of aliphatic hydroxyl groups is 1. The number of hydrogen-bond donors (Lipinski definition) is 4. The second-order valence-electron chi connectivity index (χ2n) is 11.4. The molecule has 0 rings (SSSR count). The molecular weight excluding hydrogens is 551 g/mol. The molecule has 0 aromatic carbocycles. The first kappa shape index (κ1) is 41.0. The van der Waals surface area contributed by atoms with E-state index in [1.807, 2.05) is 6.08 Å². The molecule has 0 aliphatic rings. The van der Waals surface area contributed by atoms with Crippen LogP contribution in [0.2, 0.25) is 0 Å². The molecule has 248 valence electrons. The molecular formula is C33H65N2O6P. The molecule has 9 heteroatoms. The molecule has 0 fully saturated rings. The van der Waals surface area contributed by atoms with Gasteiger partial charge in [0.25, 0.3) is 0 Å². The summed E-state index contributed by atoms with van der Waals surface area (Å²) in [7, 11) is -4.32. The second kappa shape index (κ2) is 30.0. The zero-order valence-corrected chi connectivity index (χ0v) is 27.9. The molecule has 0 radical (unpaired) electrons. The topological polar surface area (TPSA) is 131 Å². The lowest BCUT2D eigenvalue weighted by atomic mass is 10.1. The summed E-state index contributed by atoms with van der Waals surface area (Å²) in [6, 6.07) is -0.858. The van der Waals surface area contributed by atoms with E-state index in [4.69, 9.17) is 14.8 Å². The van der Waals surface area contributed by atoms with Gasteiger partial charge in [0.2, 0.25) is 5.91 Å². The number of allylic oxidation sites excluding steroid dienone is 3. The second-order valence-corrected chi connectivity index (χ2v) is 12.8. The molecule has 0 heterocycles. The largest absolute Gasteiger partial charge is 0.472 e. The Kier molecular flexibility index (Phi) is 29.3. The monoisotopic (exact) mass is 616 g/mol. The maximum atomic E-state index is 12.6. The van der Waals surface area contributed by atoms with Crippen molar-refractivity contribution in [1.29, 1.82) is 0 Å². The van der Waals surface area contributed by atoms with Crippen molar-refractivity contribution in [3.63, 3.8) is 0 Å². The highest BCUT2D eigenvalue weighted by atomic mass is 31.2. The molecule has 0 aromatic heterocycles. The Balaban J connectivity index is 4.42. The Morgan fingerprint density at radius 3 is 1.83 bits per heavy atom. The van der Waals surface area contributed by atoms with E-state index in [1.54, 1.807) is 6.08 Å². The number of carbonyl (C=O) groups excluding carboxylic acids is 1. The van der Waals surface area contributed by atoms with Crippen LogP contribution in [0.25, 0.3) is 0 Å². The fourth-order valence-corrected chi connectivity index (χ4v) is 5.40. The molecule has 0 saturated carbocycles. The van der Waals surface area contributed by atoms with E-state index >= 15 is 0 Å². The Hall–Kier alpha value is -1.02. The standard InChI is InChI=1S/C33H65N2O6P/c1-3-5-7-9-11-13-15-17-18-20-22-24-26-32(36)31(30-41-42(38,39)40-29-28-34)35-33(37)27-25-23-21-19-16-14-12-10-8-6-4-2/h10,12,24,26,31-32,36H,3-9,11,13-23,25,27-30,34H2,1-2H3,(H,35,37)(H,38,39)/b12-10-,26-24+. The van der Waals surface area contributed by atoms with E-state index < -0.39 is 20.0 Å². The number of phosphoric acid groups is 1. The summed E-state index contributed by atoms with van der Waals surface area (Å²) in [5.41, 5.74) is 5.33. The maximum absolute atomic E-state index is 12.6. The van der Waals surface area contributed by atoms with E-state index in [0.29, 0.717) is 6.42 Å². The van der Waals surface area contributed by atoms with Crippen LogP contribution < -0.4 is 11.1 Å². The number of aliphatic hydroxyl groups excluding tert-OH is 1. The lowest BCUT2D eigenvalue weighted by Crippen LogP contribution is -2.45. The predicted octanol–water partition coefficient (Wildman–Crippen LogP) is 8.27. The third-order valence-electron chi connectivity index (χ3n) is 7.27. The smallest absolute Gasteiger partial charge is 0.387 e. The first-order valence-corrected chi connectivity index (χ1v) is 18.5. The van der Waals surface area contributed by atoms with Gasteiger partial charge in [-0.3, -0.25) is 13.8 Å². The van der Waals surface area contributed by atoms with Crippen LogP contribution in [0.1, 0.15) is 149 Å². The number of phosphoric ester groups is 1. The lowest BCUT2D eigenvalue weighted by Gasteiger charge is -2.23. The van der Waals surface area contributed by atoms with Crippen LogP contribution in [0.5, 0.6) is 0 Å². The van der Waals surface area contributed by atoms with Crippen molar-refractivity contribution >= 4 is 13.7 Å². The summed E-state index contributed by atoms with van der Waals surface area (Å²) in [6.45, 7) is 4.05. The van der Waals surface area contributed by atoms with Crippen LogP contribution >= 0.6 is 7.82 Å². The maximum Gasteiger partial charge on any atom is 0.472 e. The third kappa shape index (κ3) is 27.8. The normalized spacial score (nSPS) is 14.9. The quantitative estimate of drug-likeness (QED) is 0.0350. The van der Waals surface area contributed by atoms with Gasteiger partial charge < -0.3 is 21.1 Å². The molecule has 42 heavy (non-hydrogen) atoms. The number of rotatable bonds is 31. The number of carbonyl (C=O) groups is 1. The highest BCUT2D eigenvalue weighted by Crippen LogP contribution is 2.43. The van der Waals surface area contributed by atoms with Gasteiger partial charge in [-0.2, -0.15) is 0 Å². The van der Waals surface area contributed by atoms with E-state index in [2.05, 4.69) is 31.3 Å². The fourth-order valence-electron chi connectivity index (χ4n) is 4.64. The minimum absolute atomic E-state index is 0.0774. The number of nitrogens with two attached hydrogens (primary N) is 1. The van der Waals surface area contributed by atoms with Gasteiger partial charge in [-0.15, -0.1) is 0 Å². The summed E-state index contributed by atoms with van der Waals surface area (Å²) in [4.78, 5) is 22.5. The van der Waals surface area contributed by atoms with Gasteiger partial charge in [-0.25, -0.2) is 4.57 Å². The Bertz CT molecular complexity index is 719. The average molecular weight is 617 g/mol. The van der Waals surface area contributed by atoms with E-state index in [0.717, 1.165) is 57.8 Å². The fraction of sp³-hybridized carbons (Fsp3) is 0.848. The van der Waals surface area contributed by atoms with Gasteiger partial charge >= 0.3 is 7.82 Å². The van der Waals surface area contributed by atoms with Crippen LogP contribution in [0.15, 0.2) is 24.3 Å². The number of hydrogen-bond acceptors (Lipinski definition) is 6. The van der Waals surface area contributed by atoms with Crippen molar-refractivity contribution in [3.8, 4) is 0 Å². The van der Waals surface area contributed by atoms with Gasteiger partial charge in [-0.05, 0) is 38.5 Å². The molecule has 0 aromatic rings. The minimum Gasteiger partial charge on any atom is -0.387 e. The molecule has 0 aliphatic heterocycles. The molecule has 3 unspecified atom stereocenters. The minimum atomic E-state index is -4.32. The van der Waals surface area contributed by atoms with E-state index in [9.17, 15) is 19.4 Å². The van der Waals surface area contributed by atoms with Gasteiger partial charge in [0, 0.05) is 13.0 Å². The molecule has 0 spiro atoms. The highest BCUT2D eigenvalue weighted by Gasteiger charge is 2.26. The SMILES string of the molecule is CCCC/C=C\CCCCCCCC(=O)NC(COP(=O)(O)OCCN)C(O)/C=C/CCCCCCCCCCCC. The first-order valence-electron chi connectivity index (χ1n) is 17.0. The zero-order chi connectivity index (χ0) is 31.2. The van der Waals surface area contributed by atoms with Gasteiger partial charge in [0.1, 0.15) is 0 Å². The summed E-state index contributed by atoms with van der Waals surface area (Å²) in [5, 5.41) is 13.5. The summed E-state index contributed by atoms with van der Waals surface area (Å²) < 4.78 is 21.9. The Labute approximate surface area is 257 Å². The third-order valence-corrected chi connectivity index (χ3v) is 8.26. The molecule has 0 aliphatic carbocycles. The Morgan fingerprint density at radius 2 is 1.26 bits per heavy atom. The lowest BCUT2D eigenvalue weighted by molar-refractivity contribution is -0.123. The van der Waals surface area contributed by atoms with Gasteiger partial charge in [0.05, 0.1) is 25.4 Å². The van der Waals surface area contributed by atoms with Crippen LogP contribution in [-0.4, -0.2) is 47.8 Å². The summed E-state index contributed by atoms with van der Waals surface area (Å²) >= 11 is 0. The number of amides is 1. The molecule has 5 N–H and O–H groups in total. The van der Waals surface area contributed by atoms with E-state index in [1.165, 1.54) is 70.6 Å². The van der Waals surface area contributed by atoms with Gasteiger partial charge in [0.15, 0.2) is 0 Å². The van der Waals surface area contributed by atoms with Crippen LogP contribution in [0.4, 0.5) is 0 Å². The van der Waals surface area contributed by atoms with Crippen molar-refractivity contribution in [1.82, 2.24) is 5.32 Å². The van der Waals surface area contributed by atoms with E-state index in [-0.39, 0.29) is 25.7 Å². The number of nitrogens with one attached hydrogen (secondary N) is 1. The average Bonchev–Trinajstić information content (AvgIpc) is 2.97. The van der Waals surface area contributed by atoms with Crippen molar-refractivity contribution in [2.45, 2.75) is 161 Å². The van der Waals surface area contributed by atoms with Gasteiger partial charge in [-0.1, -0.05) is 128 Å². The van der Waals surface area contributed by atoms with Crippen molar-refractivity contribution < 1.29 is 28.4 Å². The molecule has 8 nitrogen and oxygen atoms in total. The molecule has 0 bridgehead atoms. The molecule has 1 amide bonds. The summed E-state index contributed by atoms with van der Waals surface area (Å²) in [6.07, 6.45) is 30.7. The highest BCUT2D eigenvalue weighted by molar-refractivity contribution is 7.47. The zero-order valence-electron chi connectivity index (χ0n) is 27.0. The summed E-state index contributed by atoms with van der Waals surface area (Å²) in [5.74, 6) is -0.208. The predicted molar refractivity (Wildman–Crippen MR) is 175 cm³/mol. The van der Waals surface area contributed by atoms with Crippen molar-refractivity contribution in [2.24, 2.45) is 5.73 Å². The molecule has 3 atom stereocenters.